The Balaban J connectivity index is 2.55. The zero-order valence-corrected chi connectivity index (χ0v) is 17.2. The molecule has 0 saturated carbocycles. The zero-order chi connectivity index (χ0) is 21.6. The van der Waals surface area contributed by atoms with Crippen molar-refractivity contribution in [3.8, 4) is 40.2 Å². The van der Waals surface area contributed by atoms with Crippen LogP contribution in [0.3, 0.4) is 0 Å². The Labute approximate surface area is 169 Å². The molecule has 0 aliphatic rings. The summed E-state index contributed by atoms with van der Waals surface area (Å²) in [4.78, 5) is 12.9. The van der Waals surface area contributed by atoms with E-state index in [1.807, 2.05) is 0 Å². The number of carbonyl (C=O) groups is 1. The second-order valence-corrected chi connectivity index (χ2v) is 5.66. The molecule has 2 aromatic carbocycles. The van der Waals surface area contributed by atoms with Gasteiger partial charge < -0.3 is 33.5 Å². The molecule has 0 unspecified atom stereocenters. The van der Waals surface area contributed by atoms with Crippen molar-refractivity contribution in [2.75, 3.05) is 42.7 Å². The van der Waals surface area contributed by atoms with E-state index in [1.54, 1.807) is 12.1 Å². The standard InChI is InChI=1S/C21H24O8/c1-24-14-9-10-15(25-2)19(27-4)17(14)13(22)8-7-12-11-16(26-3)20(28-5)21(29-6)18(12)23/h7-11,23H,1-6H3/b8-7+. The van der Waals surface area contributed by atoms with Crippen molar-refractivity contribution in [3.63, 3.8) is 0 Å². The summed E-state index contributed by atoms with van der Waals surface area (Å²) in [6.45, 7) is 0. The molecule has 0 aliphatic carbocycles. The molecule has 156 valence electrons. The Kier molecular flexibility index (Phi) is 7.19. The molecule has 0 aliphatic heterocycles. The van der Waals surface area contributed by atoms with Gasteiger partial charge in [-0.3, -0.25) is 4.79 Å². The fraction of sp³-hybridized carbons (Fsp3) is 0.286. The molecule has 0 saturated heterocycles. The summed E-state index contributed by atoms with van der Waals surface area (Å²) in [6.07, 6.45) is 2.71. The van der Waals surface area contributed by atoms with E-state index in [9.17, 15) is 9.90 Å². The Hall–Kier alpha value is -3.55. The normalized spacial score (nSPS) is 10.6. The maximum Gasteiger partial charge on any atom is 0.207 e. The van der Waals surface area contributed by atoms with Crippen molar-refractivity contribution in [2.45, 2.75) is 0 Å². The van der Waals surface area contributed by atoms with Gasteiger partial charge in [-0.15, -0.1) is 0 Å². The molecule has 0 spiro atoms. The first kappa shape index (κ1) is 21.7. The number of phenolic OH excluding ortho intramolecular Hbond substituents is 1. The molecule has 8 heteroatoms. The van der Waals surface area contributed by atoms with E-state index in [0.717, 1.165) is 0 Å². The number of phenols is 1. The van der Waals surface area contributed by atoms with Crippen molar-refractivity contribution in [2.24, 2.45) is 0 Å². The van der Waals surface area contributed by atoms with Crippen molar-refractivity contribution < 1.29 is 38.3 Å². The molecule has 2 rings (SSSR count). The predicted octanol–water partition coefficient (Wildman–Crippen LogP) is 3.34. The van der Waals surface area contributed by atoms with Gasteiger partial charge in [0.25, 0.3) is 0 Å². The average molecular weight is 404 g/mol. The van der Waals surface area contributed by atoms with Crippen LogP contribution in [0.4, 0.5) is 0 Å². The van der Waals surface area contributed by atoms with Gasteiger partial charge in [-0.25, -0.2) is 0 Å². The Morgan fingerprint density at radius 2 is 1.31 bits per heavy atom. The highest BCUT2D eigenvalue weighted by molar-refractivity contribution is 6.11. The number of hydrogen-bond donors (Lipinski definition) is 1. The summed E-state index contributed by atoms with van der Waals surface area (Å²) >= 11 is 0. The van der Waals surface area contributed by atoms with Crippen LogP contribution in [-0.4, -0.2) is 53.5 Å². The molecule has 0 bridgehead atoms. The number of aromatic hydroxyl groups is 1. The molecule has 2 aromatic rings. The van der Waals surface area contributed by atoms with Crippen LogP contribution in [-0.2, 0) is 0 Å². The molecule has 0 heterocycles. The minimum absolute atomic E-state index is 0.0930. The number of methoxy groups -OCH3 is 6. The minimum atomic E-state index is -0.411. The van der Waals surface area contributed by atoms with E-state index < -0.39 is 5.78 Å². The second kappa shape index (κ2) is 9.59. The molecule has 29 heavy (non-hydrogen) atoms. The first-order valence-electron chi connectivity index (χ1n) is 8.50. The Bertz CT molecular complexity index is 918. The van der Waals surface area contributed by atoms with Crippen molar-refractivity contribution >= 4 is 11.9 Å². The minimum Gasteiger partial charge on any atom is -0.504 e. The number of benzene rings is 2. The van der Waals surface area contributed by atoms with Gasteiger partial charge in [-0.1, -0.05) is 0 Å². The summed E-state index contributed by atoms with van der Waals surface area (Å²) in [7, 11) is 8.64. The lowest BCUT2D eigenvalue weighted by Gasteiger charge is -2.15. The van der Waals surface area contributed by atoms with E-state index in [0.29, 0.717) is 22.8 Å². The lowest BCUT2D eigenvalue weighted by molar-refractivity contribution is 0.104. The van der Waals surface area contributed by atoms with Crippen molar-refractivity contribution in [1.82, 2.24) is 0 Å². The smallest absolute Gasteiger partial charge is 0.207 e. The average Bonchev–Trinajstić information content (AvgIpc) is 2.76. The molecule has 1 N–H and O–H groups in total. The number of carbonyl (C=O) groups excluding carboxylic acids is 1. The Morgan fingerprint density at radius 1 is 0.759 bits per heavy atom. The van der Waals surface area contributed by atoms with E-state index in [2.05, 4.69) is 0 Å². The van der Waals surface area contributed by atoms with E-state index in [4.69, 9.17) is 28.4 Å². The lowest BCUT2D eigenvalue weighted by atomic mass is 10.0. The van der Waals surface area contributed by atoms with Crippen LogP contribution in [0, 0.1) is 0 Å². The van der Waals surface area contributed by atoms with Gasteiger partial charge in [0.1, 0.15) is 11.3 Å². The third kappa shape index (κ3) is 4.16. The molecule has 0 radical (unpaired) electrons. The highest BCUT2D eigenvalue weighted by Gasteiger charge is 2.22. The van der Waals surface area contributed by atoms with E-state index in [1.165, 1.54) is 60.9 Å². The van der Waals surface area contributed by atoms with Gasteiger partial charge in [0, 0.05) is 5.56 Å². The molecule has 0 atom stereocenters. The molecule has 0 aromatic heterocycles. The third-order valence-corrected chi connectivity index (χ3v) is 4.22. The predicted molar refractivity (Wildman–Crippen MR) is 107 cm³/mol. The van der Waals surface area contributed by atoms with Crippen LogP contribution in [0.2, 0.25) is 0 Å². The number of ketones is 1. The second-order valence-electron chi connectivity index (χ2n) is 5.66. The maximum absolute atomic E-state index is 12.9. The van der Waals surface area contributed by atoms with Gasteiger partial charge in [-0.2, -0.15) is 0 Å². The topological polar surface area (TPSA) is 92.7 Å². The summed E-state index contributed by atoms with van der Waals surface area (Å²) in [6, 6.07) is 4.78. The van der Waals surface area contributed by atoms with Gasteiger partial charge in [0.05, 0.1) is 42.7 Å². The van der Waals surface area contributed by atoms with Crippen LogP contribution in [0.25, 0.3) is 6.08 Å². The van der Waals surface area contributed by atoms with Gasteiger partial charge in [-0.05, 0) is 30.4 Å². The quantitative estimate of drug-likeness (QED) is 0.503. The molecule has 0 fully saturated rings. The lowest BCUT2D eigenvalue weighted by Crippen LogP contribution is -2.04. The fourth-order valence-electron chi connectivity index (χ4n) is 2.85. The highest BCUT2D eigenvalue weighted by atomic mass is 16.5. The Morgan fingerprint density at radius 3 is 1.83 bits per heavy atom. The maximum atomic E-state index is 12.9. The van der Waals surface area contributed by atoms with E-state index >= 15 is 0 Å². The van der Waals surface area contributed by atoms with Crippen LogP contribution in [0.15, 0.2) is 24.3 Å². The highest BCUT2D eigenvalue weighted by Crippen LogP contribution is 2.46. The summed E-state index contributed by atoms with van der Waals surface area (Å²) in [5.74, 6) is 1.03. The van der Waals surface area contributed by atoms with Gasteiger partial charge >= 0.3 is 0 Å². The van der Waals surface area contributed by atoms with Crippen LogP contribution in [0.5, 0.6) is 40.2 Å². The largest absolute Gasteiger partial charge is 0.504 e. The molecular weight excluding hydrogens is 380 g/mol. The summed E-state index contributed by atoms with van der Waals surface area (Å²) < 4.78 is 31.6. The number of ether oxygens (including phenoxy) is 6. The van der Waals surface area contributed by atoms with Crippen LogP contribution < -0.4 is 28.4 Å². The molecule has 0 amide bonds. The van der Waals surface area contributed by atoms with Crippen molar-refractivity contribution in [3.05, 3.63) is 35.4 Å². The van der Waals surface area contributed by atoms with Crippen molar-refractivity contribution in [1.29, 1.82) is 0 Å². The number of rotatable bonds is 9. The molecular formula is C21H24O8. The third-order valence-electron chi connectivity index (χ3n) is 4.22. The number of allylic oxidation sites excluding steroid dienone is 1. The van der Waals surface area contributed by atoms with E-state index in [-0.39, 0.29) is 28.6 Å². The van der Waals surface area contributed by atoms with Gasteiger partial charge in [0.15, 0.2) is 28.8 Å². The molecule has 8 nitrogen and oxygen atoms in total. The monoisotopic (exact) mass is 404 g/mol. The van der Waals surface area contributed by atoms with Crippen LogP contribution >= 0.6 is 0 Å². The fourth-order valence-corrected chi connectivity index (χ4v) is 2.85. The first-order valence-corrected chi connectivity index (χ1v) is 8.50. The van der Waals surface area contributed by atoms with Gasteiger partial charge in [0.2, 0.25) is 11.5 Å². The first-order chi connectivity index (χ1) is 14.0. The zero-order valence-electron chi connectivity index (χ0n) is 17.2. The van der Waals surface area contributed by atoms with Crippen LogP contribution in [0.1, 0.15) is 15.9 Å². The summed E-state index contributed by atoms with van der Waals surface area (Å²) in [5.41, 5.74) is 0.492. The SMILES string of the molecule is COc1cc(/C=C/C(=O)c2c(OC)ccc(OC)c2OC)c(O)c(OC)c1OC. The summed E-state index contributed by atoms with van der Waals surface area (Å²) in [5, 5.41) is 10.5. The number of hydrogen-bond acceptors (Lipinski definition) is 8.